The topological polar surface area (TPSA) is 99.5 Å². The second-order valence-electron chi connectivity index (χ2n) is 14.5. The van der Waals surface area contributed by atoms with Crippen molar-refractivity contribution in [2.24, 2.45) is 0 Å². The molecule has 0 unspecified atom stereocenters. The van der Waals surface area contributed by atoms with Crippen molar-refractivity contribution in [2.75, 3.05) is 36.4 Å². The Bertz CT molecular complexity index is 1900. The van der Waals surface area contributed by atoms with Gasteiger partial charge >= 0.3 is 0 Å². The summed E-state index contributed by atoms with van der Waals surface area (Å²) in [4.78, 5) is 47.3. The molecule has 2 saturated heterocycles. The maximum atomic E-state index is 14.8. The van der Waals surface area contributed by atoms with E-state index in [-0.39, 0.29) is 29.6 Å². The van der Waals surface area contributed by atoms with Gasteiger partial charge < -0.3 is 24.6 Å². The Hall–Kier alpha value is -4.38. The van der Waals surface area contributed by atoms with Crippen LogP contribution in [0, 0.1) is 5.82 Å². The van der Waals surface area contributed by atoms with Crippen LogP contribution in [0.1, 0.15) is 83.7 Å². The SMILES string of the molecule is CC[C@H](C)n1cnc2cc(-c3ccc4c(c3)N(C3CC(N5CCCCC5)C3)C(=O)C43CCN(C(C)=O)CC3)nc(Nc3ccncc3F)c21. The number of carbonyl (C=O) groups is 2. The standard InChI is InChI=1S/C38H45FN8O2/c1-4-24(2)46-23-41-33-21-32(43-36(35(33)46)42-31-10-13-40-22-30(31)39)26-8-9-29-34(18-26)47(28-19-27(20-28)45-14-6-5-7-15-45)37(49)38(29)11-16-44(17-12-38)25(3)48/h8-10,13,18,21-24,27-28H,4-7,11-12,14-17,19-20H2,1-3H3,(H,40,42,43)/t24-,27?,28?/m0/s1. The van der Waals surface area contributed by atoms with Crippen LogP contribution in [0.5, 0.6) is 0 Å². The molecule has 11 heteroatoms. The predicted octanol–water partition coefficient (Wildman–Crippen LogP) is 6.59. The van der Waals surface area contributed by atoms with E-state index in [1.807, 2.05) is 17.3 Å². The third kappa shape index (κ3) is 5.37. The number of nitrogens with one attached hydrogen (secondary N) is 1. The van der Waals surface area contributed by atoms with E-state index in [0.29, 0.717) is 43.5 Å². The zero-order valence-corrected chi connectivity index (χ0v) is 28.7. The van der Waals surface area contributed by atoms with Crippen LogP contribution in [0.25, 0.3) is 22.3 Å². The molecule has 3 fully saturated rings. The largest absolute Gasteiger partial charge is 0.343 e. The number of aromatic nitrogens is 4. The van der Waals surface area contributed by atoms with E-state index in [1.165, 1.54) is 25.5 Å². The first kappa shape index (κ1) is 31.9. The van der Waals surface area contributed by atoms with Gasteiger partial charge in [0, 0.05) is 55.6 Å². The lowest BCUT2D eigenvalue weighted by Gasteiger charge is -2.48. The number of benzene rings is 1. The Morgan fingerprint density at radius 1 is 1.06 bits per heavy atom. The molecule has 256 valence electrons. The summed E-state index contributed by atoms with van der Waals surface area (Å²) in [7, 11) is 0. The highest BCUT2D eigenvalue weighted by Crippen LogP contribution is 2.52. The van der Waals surface area contributed by atoms with Crippen LogP contribution in [0.4, 0.5) is 21.6 Å². The Morgan fingerprint density at radius 3 is 2.55 bits per heavy atom. The van der Waals surface area contributed by atoms with Gasteiger partial charge in [-0.3, -0.25) is 14.6 Å². The quantitative estimate of drug-likeness (QED) is 0.238. The second-order valence-corrected chi connectivity index (χ2v) is 14.5. The van der Waals surface area contributed by atoms with Gasteiger partial charge in [0.15, 0.2) is 11.6 Å². The van der Waals surface area contributed by atoms with Crippen molar-refractivity contribution in [1.82, 2.24) is 29.3 Å². The monoisotopic (exact) mass is 664 g/mol. The minimum Gasteiger partial charge on any atom is -0.343 e. The molecule has 1 aliphatic carbocycles. The number of imidazole rings is 1. The van der Waals surface area contributed by atoms with Crippen LogP contribution >= 0.6 is 0 Å². The fourth-order valence-electron chi connectivity index (χ4n) is 8.58. The van der Waals surface area contributed by atoms with Crippen molar-refractivity contribution in [2.45, 2.75) is 95.7 Å². The van der Waals surface area contributed by atoms with Crippen LogP contribution in [0.3, 0.4) is 0 Å². The molecule has 3 aliphatic heterocycles. The number of likely N-dealkylation sites (tertiary alicyclic amines) is 2. The minimum atomic E-state index is -0.631. The van der Waals surface area contributed by atoms with Gasteiger partial charge in [-0.1, -0.05) is 25.5 Å². The molecule has 1 spiro atoms. The van der Waals surface area contributed by atoms with Crippen molar-refractivity contribution in [3.05, 3.63) is 60.4 Å². The Kier molecular flexibility index (Phi) is 8.13. The molecule has 10 nitrogen and oxygen atoms in total. The van der Waals surface area contributed by atoms with Gasteiger partial charge in [-0.2, -0.15) is 0 Å². The number of halogens is 1. The Labute approximate surface area is 286 Å². The minimum absolute atomic E-state index is 0.0596. The van der Waals surface area contributed by atoms with E-state index in [2.05, 4.69) is 56.7 Å². The average molecular weight is 665 g/mol. The average Bonchev–Trinajstić information content (AvgIpc) is 3.63. The smallest absolute Gasteiger partial charge is 0.238 e. The van der Waals surface area contributed by atoms with Crippen molar-refractivity contribution < 1.29 is 14.0 Å². The van der Waals surface area contributed by atoms with E-state index in [4.69, 9.17) is 9.97 Å². The number of hydrogen-bond acceptors (Lipinski definition) is 7. The Balaban J connectivity index is 1.20. The van der Waals surface area contributed by atoms with E-state index < -0.39 is 11.2 Å². The summed E-state index contributed by atoms with van der Waals surface area (Å²) in [5, 5.41) is 3.24. The molecule has 8 rings (SSSR count). The summed E-state index contributed by atoms with van der Waals surface area (Å²) >= 11 is 0. The number of anilines is 3. The van der Waals surface area contributed by atoms with Gasteiger partial charge in [-0.15, -0.1) is 0 Å². The summed E-state index contributed by atoms with van der Waals surface area (Å²) in [6, 6.07) is 10.7. The first-order valence-electron chi connectivity index (χ1n) is 18.0. The summed E-state index contributed by atoms with van der Waals surface area (Å²) in [6.45, 7) is 9.32. The van der Waals surface area contributed by atoms with Crippen LogP contribution < -0.4 is 10.2 Å². The first-order chi connectivity index (χ1) is 23.8. The number of amides is 2. The van der Waals surface area contributed by atoms with Crippen LogP contribution in [-0.2, 0) is 15.0 Å². The molecular weight excluding hydrogens is 619 g/mol. The van der Waals surface area contributed by atoms with E-state index in [9.17, 15) is 14.0 Å². The van der Waals surface area contributed by atoms with Gasteiger partial charge in [0.2, 0.25) is 11.8 Å². The number of rotatable bonds is 7. The number of nitrogens with zero attached hydrogens (tertiary/aromatic N) is 7. The van der Waals surface area contributed by atoms with Gasteiger partial charge in [0.25, 0.3) is 0 Å². The molecule has 1 aromatic carbocycles. The molecule has 3 aromatic heterocycles. The molecule has 4 aliphatic rings. The van der Waals surface area contributed by atoms with Gasteiger partial charge in [0.1, 0.15) is 5.52 Å². The van der Waals surface area contributed by atoms with Crippen LogP contribution in [-0.4, -0.2) is 79.4 Å². The second kappa shape index (κ2) is 12.5. The number of piperidine rings is 2. The zero-order chi connectivity index (χ0) is 33.9. The summed E-state index contributed by atoms with van der Waals surface area (Å²) in [6.07, 6.45) is 12.5. The van der Waals surface area contributed by atoms with E-state index in [0.717, 1.165) is 60.2 Å². The molecular formula is C38H45FN8O2. The lowest BCUT2D eigenvalue weighted by Crippen LogP contribution is -2.58. The molecule has 6 heterocycles. The fraction of sp³-hybridized carbons (Fsp3) is 0.500. The Morgan fingerprint density at radius 2 is 1.84 bits per heavy atom. The molecule has 4 aromatic rings. The molecule has 2 amide bonds. The third-order valence-corrected chi connectivity index (χ3v) is 11.8. The normalized spacial score (nSPS) is 22.7. The third-order valence-electron chi connectivity index (χ3n) is 11.8. The molecule has 1 atom stereocenters. The molecule has 1 N–H and O–H groups in total. The van der Waals surface area contributed by atoms with Crippen molar-refractivity contribution in [3.8, 4) is 11.3 Å². The van der Waals surface area contributed by atoms with Gasteiger partial charge in [0.05, 0.1) is 34.8 Å². The van der Waals surface area contributed by atoms with Gasteiger partial charge in [-0.05, 0) is 88.7 Å². The molecule has 49 heavy (non-hydrogen) atoms. The van der Waals surface area contributed by atoms with Crippen molar-refractivity contribution in [1.29, 1.82) is 0 Å². The van der Waals surface area contributed by atoms with Crippen molar-refractivity contribution in [3.63, 3.8) is 0 Å². The predicted molar refractivity (Wildman–Crippen MR) is 188 cm³/mol. The number of fused-ring (bicyclic) bond motifs is 3. The van der Waals surface area contributed by atoms with E-state index in [1.54, 1.807) is 19.2 Å². The zero-order valence-electron chi connectivity index (χ0n) is 28.7. The first-order valence-corrected chi connectivity index (χ1v) is 18.0. The van der Waals surface area contributed by atoms with E-state index >= 15 is 0 Å². The molecule has 0 radical (unpaired) electrons. The highest BCUT2D eigenvalue weighted by Gasteiger charge is 2.55. The number of hydrogen-bond donors (Lipinski definition) is 1. The summed E-state index contributed by atoms with van der Waals surface area (Å²) < 4.78 is 16.9. The maximum Gasteiger partial charge on any atom is 0.238 e. The van der Waals surface area contributed by atoms with Crippen LogP contribution in [0.2, 0.25) is 0 Å². The maximum absolute atomic E-state index is 14.8. The molecule has 1 saturated carbocycles. The molecule has 0 bridgehead atoms. The van der Waals surface area contributed by atoms with Crippen molar-refractivity contribution >= 4 is 40.0 Å². The summed E-state index contributed by atoms with van der Waals surface area (Å²) in [5.74, 6) is 0.287. The lowest BCUT2D eigenvalue weighted by molar-refractivity contribution is -0.134. The van der Waals surface area contributed by atoms with Gasteiger partial charge in [-0.25, -0.2) is 14.4 Å². The van der Waals surface area contributed by atoms with Crippen LogP contribution in [0.15, 0.2) is 49.1 Å². The fourth-order valence-corrected chi connectivity index (χ4v) is 8.58. The number of carbonyl (C=O) groups excluding carboxylic acids is 2. The highest BCUT2D eigenvalue weighted by molar-refractivity contribution is 6.09. The lowest BCUT2D eigenvalue weighted by atomic mass is 9.73. The number of pyridine rings is 2. The summed E-state index contributed by atoms with van der Waals surface area (Å²) in [5.41, 5.74) is 4.81. The highest BCUT2D eigenvalue weighted by atomic mass is 19.1.